The van der Waals surface area contributed by atoms with Gasteiger partial charge in [-0.15, -0.1) is 0 Å². The van der Waals surface area contributed by atoms with Gasteiger partial charge in [0.05, 0.1) is 5.69 Å². The van der Waals surface area contributed by atoms with Crippen molar-refractivity contribution in [3.8, 4) is 11.3 Å². The van der Waals surface area contributed by atoms with Gasteiger partial charge in [-0.25, -0.2) is 0 Å². The zero-order chi connectivity index (χ0) is 18.5. The molecule has 1 aromatic carbocycles. The number of rotatable bonds is 6. The van der Waals surface area contributed by atoms with Gasteiger partial charge in [-0.05, 0) is 48.9 Å². The predicted octanol–water partition coefficient (Wildman–Crippen LogP) is 3.58. The number of carbonyl (C=O) groups excluding carboxylic acids is 1. The van der Waals surface area contributed by atoms with Gasteiger partial charge in [-0.1, -0.05) is 30.3 Å². The lowest BCUT2D eigenvalue weighted by molar-refractivity contribution is 0.0899. The van der Waals surface area contributed by atoms with Crippen LogP contribution in [0.15, 0.2) is 53.2 Å². The van der Waals surface area contributed by atoms with Crippen LogP contribution in [0.5, 0.6) is 0 Å². The second-order valence-electron chi connectivity index (χ2n) is 7.03. The number of aromatic amines is 1. The third-order valence-corrected chi connectivity index (χ3v) is 5.72. The minimum atomic E-state index is -0.0705. The van der Waals surface area contributed by atoms with Crippen molar-refractivity contribution < 1.29 is 4.79 Å². The molecule has 1 saturated heterocycles. The summed E-state index contributed by atoms with van der Waals surface area (Å²) >= 11 is 1.62. The monoisotopic (exact) mass is 380 g/mol. The van der Waals surface area contributed by atoms with Crippen LogP contribution in [0.1, 0.15) is 28.9 Å². The topological polar surface area (TPSA) is 61.0 Å². The molecule has 1 aliphatic heterocycles. The standard InChI is InChI=1S/C21H24N4OS/c26-21(20-13-19(23-24-20)17-9-12-27-15-17)22-18-7-4-10-25(14-18)11-8-16-5-2-1-3-6-16/h1-3,5-6,9,12-13,15,18H,4,7-8,10-11,14H2,(H,22,26)(H,23,24). The van der Waals surface area contributed by atoms with E-state index >= 15 is 0 Å². The molecule has 3 aromatic rings. The van der Waals surface area contributed by atoms with Crippen LogP contribution < -0.4 is 5.32 Å². The van der Waals surface area contributed by atoms with Gasteiger partial charge in [-0.2, -0.15) is 16.4 Å². The van der Waals surface area contributed by atoms with Gasteiger partial charge in [0.25, 0.3) is 5.91 Å². The summed E-state index contributed by atoms with van der Waals surface area (Å²) in [5.74, 6) is -0.0705. The van der Waals surface area contributed by atoms with Gasteiger partial charge in [0, 0.05) is 30.1 Å². The quantitative estimate of drug-likeness (QED) is 0.687. The average Bonchev–Trinajstić information content (AvgIpc) is 3.39. The van der Waals surface area contributed by atoms with Crippen molar-refractivity contribution in [1.82, 2.24) is 20.4 Å². The minimum Gasteiger partial charge on any atom is -0.347 e. The van der Waals surface area contributed by atoms with E-state index in [1.54, 1.807) is 11.3 Å². The number of thiophene rings is 1. The molecule has 4 rings (SSSR count). The summed E-state index contributed by atoms with van der Waals surface area (Å²) in [6.45, 7) is 3.04. The molecule has 6 heteroatoms. The van der Waals surface area contributed by atoms with E-state index in [1.807, 2.05) is 22.9 Å². The van der Waals surface area contributed by atoms with Crippen LogP contribution in [0.4, 0.5) is 0 Å². The van der Waals surface area contributed by atoms with Crippen LogP contribution in [0.3, 0.4) is 0 Å². The molecule has 1 aliphatic rings. The Labute approximate surface area is 163 Å². The SMILES string of the molecule is O=C(NC1CCCN(CCc2ccccc2)C1)c1cc(-c2ccsc2)n[nH]1. The number of nitrogens with one attached hydrogen (secondary N) is 2. The summed E-state index contributed by atoms with van der Waals surface area (Å²) in [6.07, 6.45) is 3.19. The number of benzene rings is 1. The number of piperidine rings is 1. The first-order valence-electron chi connectivity index (χ1n) is 9.43. The Balaban J connectivity index is 1.30. The molecule has 0 bridgehead atoms. The summed E-state index contributed by atoms with van der Waals surface area (Å²) in [7, 11) is 0. The van der Waals surface area contributed by atoms with E-state index in [0.29, 0.717) is 5.69 Å². The van der Waals surface area contributed by atoms with Gasteiger partial charge in [0.15, 0.2) is 0 Å². The highest BCUT2D eigenvalue weighted by Crippen LogP contribution is 2.20. The zero-order valence-electron chi connectivity index (χ0n) is 15.2. The molecule has 5 nitrogen and oxygen atoms in total. The number of H-pyrrole nitrogens is 1. The molecule has 1 fully saturated rings. The third-order valence-electron chi connectivity index (χ3n) is 5.04. The number of carbonyl (C=O) groups is 1. The Morgan fingerprint density at radius 3 is 3.00 bits per heavy atom. The number of amides is 1. The van der Waals surface area contributed by atoms with Gasteiger partial charge in [0.1, 0.15) is 5.69 Å². The molecule has 0 saturated carbocycles. The molecule has 2 aromatic heterocycles. The highest BCUT2D eigenvalue weighted by atomic mass is 32.1. The van der Waals surface area contributed by atoms with Crippen molar-refractivity contribution in [1.29, 1.82) is 0 Å². The fourth-order valence-corrected chi connectivity index (χ4v) is 4.22. The smallest absolute Gasteiger partial charge is 0.269 e. The van der Waals surface area contributed by atoms with E-state index in [-0.39, 0.29) is 11.9 Å². The van der Waals surface area contributed by atoms with E-state index in [0.717, 1.165) is 50.2 Å². The molecule has 1 amide bonds. The number of likely N-dealkylation sites (tertiary alicyclic amines) is 1. The first-order chi connectivity index (χ1) is 13.3. The van der Waals surface area contributed by atoms with Crippen LogP contribution in [0.25, 0.3) is 11.3 Å². The largest absolute Gasteiger partial charge is 0.347 e. The predicted molar refractivity (Wildman–Crippen MR) is 109 cm³/mol. The Morgan fingerprint density at radius 2 is 2.19 bits per heavy atom. The van der Waals surface area contributed by atoms with E-state index in [4.69, 9.17) is 0 Å². The average molecular weight is 381 g/mol. The minimum absolute atomic E-state index is 0.0705. The van der Waals surface area contributed by atoms with Crippen LogP contribution in [0, 0.1) is 0 Å². The van der Waals surface area contributed by atoms with E-state index in [1.165, 1.54) is 5.56 Å². The molecule has 0 radical (unpaired) electrons. The van der Waals surface area contributed by atoms with Crippen molar-refractivity contribution >= 4 is 17.2 Å². The maximum absolute atomic E-state index is 12.6. The Kier molecular flexibility index (Phi) is 5.65. The Hall–Kier alpha value is -2.44. The maximum Gasteiger partial charge on any atom is 0.269 e. The van der Waals surface area contributed by atoms with Crippen molar-refractivity contribution in [3.05, 3.63) is 64.5 Å². The van der Waals surface area contributed by atoms with Gasteiger partial charge >= 0.3 is 0 Å². The molecular formula is C21H24N4OS. The van der Waals surface area contributed by atoms with Crippen LogP contribution in [0.2, 0.25) is 0 Å². The summed E-state index contributed by atoms with van der Waals surface area (Å²) in [5.41, 5.74) is 3.74. The molecule has 1 atom stereocenters. The molecule has 1 unspecified atom stereocenters. The molecule has 3 heterocycles. The molecule has 0 aliphatic carbocycles. The van der Waals surface area contributed by atoms with Crippen LogP contribution in [-0.2, 0) is 6.42 Å². The maximum atomic E-state index is 12.6. The fraction of sp³-hybridized carbons (Fsp3) is 0.333. The van der Waals surface area contributed by atoms with Crippen LogP contribution in [-0.4, -0.2) is 46.7 Å². The molecule has 27 heavy (non-hydrogen) atoms. The lowest BCUT2D eigenvalue weighted by Crippen LogP contribution is -2.48. The number of aromatic nitrogens is 2. The second kappa shape index (κ2) is 8.50. The first kappa shape index (κ1) is 17.9. The molecule has 2 N–H and O–H groups in total. The van der Waals surface area contributed by atoms with Gasteiger partial charge in [-0.3, -0.25) is 9.89 Å². The normalized spacial score (nSPS) is 17.7. The fourth-order valence-electron chi connectivity index (χ4n) is 3.57. The number of hydrogen-bond acceptors (Lipinski definition) is 4. The van der Waals surface area contributed by atoms with Gasteiger partial charge in [0.2, 0.25) is 0 Å². The van der Waals surface area contributed by atoms with Crippen molar-refractivity contribution in [2.45, 2.75) is 25.3 Å². The Bertz CT molecular complexity index is 859. The number of hydrogen-bond donors (Lipinski definition) is 2. The Morgan fingerprint density at radius 1 is 1.30 bits per heavy atom. The van der Waals surface area contributed by atoms with E-state index < -0.39 is 0 Å². The number of nitrogens with zero attached hydrogens (tertiary/aromatic N) is 2. The van der Waals surface area contributed by atoms with E-state index in [2.05, 4.69) is 50.7 Å². The summed E-state index contributed by atoms with van der Waals surface area (Å²) < 4.78 is 0. The lowest BCUT2D eigenvalue weighted by atomic mass is 10.0. The molecular weight excluding hydrogens is 356 g/mol. The zero-order valence-corrected chi connectivity index (χ0v) is 16.0. The highest BCUT2D eigenvalue weighted by Gasteiger charge is 2.22. The second-order valence-corrected chi connectivity index (χ2v) is 7.81. The lowest BCUT2D eigenvalue weighted by Gasteiger charge is -2.33. The summed E-state index contributed by atoms with van der Waals surface area (Å²) in [5, 5.41) is 14.3. The van der Waals surface area contributed by atoms with E-state index in [9.17, 15) is 4.79 Å². The molecule has 0 spiro atoms. The van der Waals surface area contributed by atoms with Crippen LogP contribution >= 0.6 is 11.3 Å². The summed E-state index contributed by atoms with van der Waals surface area (Å²) in [6, 6.07) is 14.6. The summed E-state index contributed by atoms with van der Waals surface area (Å²) in [4.78, 5) is 15.0. The van der Waals surface area contributed by atoms with Crippen molar-refractivity contribution in [2.75, 3.05) is 19.6 Å². The first-order valence-corrected chi connectivity index (χ1v) is 10.4. The molecule has 140 valence electrons. The highest BCUT2D eigenvalue weighted by molar-refractivity contribution is 7.08. The third kappa shape index (κ3) is 4.64. The van der Waals surface area contributed by atoms with Crippen molar-refractivity contribution in [3.63, 3.8) is 0 Å². The van der Waals surface area contributed by atoms with Crippen molar-refractivity contribution in [2.24, 2.45) is 0 Å². The van der Waals surface area contributed by atoms with Gasteiger partial charge < -0.3 is 10.2 Å².